The summed E-state index contributed by atoms with van der Waals surface area (Å²) in [4.78, 5) is 4.57. The molecule has 0 saturated carbocycles. The van der Waals surface area contributed by atoms with Gasteiger partial charge in [0.05, 0.1) is 31.5 Å². The highest BCUT2D eigenvalue weighted by molar-refractivity contribution is 5.80. The Morgan fingerprint density at radius 3 is 2.70 bits per heavy atom. The second-order valence-corrected chi connectivity index (χ2v) is 6.92. The molecule has 0 radical (unpaired) electrons. The lowest BCUT2D eigenvalue weighted by atomic mass is 10.1. The summed E-state index contributed by atoms with van der Waals surface area (Å²) in [6.45, 7) is 5.05. The number of guanidine groups is 1. The van der Waals surface area contributed by atoms with E-state index in [9.17, 15) is 5.11 Å². The van der Waals surface area contributed by atoms with Crippen molar-refractivity contribution in [2.24, 2.45) is 4.99 Å². The predicted octanol–water partition coefficient (Wildman–Crippen LogP) is 3.23. The van der Waals surface area contributed by atoms with Crippen LogP contribution in [0.2, 0.25) is 0 Å². The normalized spacial score (nSPS) is 13.5. The van der Waals surface area contributed by atoms with E-state index in [4.69, 9.17) is 4.74 Å². The molecular formula is C23H29N5O2. The maximum absolute atomic E-state index is 10.5. The molecule has 2 atom stereocenters. The number of hydrogen-bond donors (Lipinski definition) is 3. The number of benzene rings is 2. The highest BCUT2D eigenvalue weighted by Crippen LogP contribution is 2.20. The first-order valence-electron chi connectivity index (χ1n) is 10.1. The second-order valence-electron chi connectivity index (χ2n) is 6.92. The molecule has 30 heavy (non-hydrogen) atoms. The number of hydrogen-bond acceptors (Lipinski definition) is 4. The Bertz CT molecular complexity index is 956. The van der Waals surface area contributed by atoms with Crippen molar-refractivity contribution in [1.82, 2.24) is 20.4 Å². The molecule has 1 heterocycles. The molecule has 2 aromatic carbocycles. The first-order valence-corrected chi connectivity index (χ1v) is 10.1. The molecule has 0 bridgehead atoms. The van der Waals surface area contributed by atoms with Gasteiger partial charge in [-0.05, 0) is 55.3 Å². The summed E-state index contributed by atoms with van der Waals surface area (Å²) in [5.74, 6) is 1.36. The van der Waals surface area contributed by atoms with Crippen molar-refractivity contribution in [3.63, 3.8) is 0 Å². The molecule has 0 aliphatic carbocycles. The molecule has 0 saturated heterocycles. The van der Waals surface area contributed by atoms with Crippen LogP contribution >= 0.6 is 0 Å². The third-order valence-electron chi connectivity index (χ3n) is 4.74. The molecule has 0 fully saturated rings. The van der Waals surface area contributed by atoms with E-state index in [0.29, 0.717) is 11.7 Å². The average Bonchev–Trinajstić information content (AvgIpc) is 3.32. The van der Waals surface area contributed by atoms with Crippen LogP contribution < -0.4 is 15.4 Å². The first kappa shape index (κ1) is 21.4. The van der Waals surface area contributed by atoms with Crippen molar-refractivity contribution < 1.29 is 9.84 Å². The smallest absolute Gasteiger partial charge is 0.191 e. The van der Waals surface area contributed by atoms with E-state index < -0.39 is 6.10 Å². The Morgan fingerprint density at radius 2 is 1.97 bits per heavy atom. The van der Waals surface area contributed by atoms with Crippen molar-refractivity contribution in [2.45, 2.75) is 26.0 Å². The molecule has 3 rings (SSSR count). The minimum absolute atomic E-state index is 0.0206. The van der Waals surface area contributed by atoms with Crippen LogP contribution in [0.3, 0.4) is 0 Å². The number of nitrogens with zero attached hydrogens (tertiary/aromatic N) is 3. The lowest BCUT2D eigenvalue weighted by Gasteiger charge is -2.19. The highest BCUT2D eigenvalue weighted by Gasteiger charge is 2.12. The Hall–Kier alpha value is -3.32. The minimum atomic E-state index is -0.714. The third kappa shape index (κ3) is 5.61. The first-order chi connectivity index (χ1) is 14.6. The zero-order chi connectivity index (χ0) is 21.3. The summed E-state index contributed by atoms with van der Waals surface area (Å²) in [5, 5.41) is 21.5. The molecule has 0 aliphatic heterocycles. The van der Waals surface area contributed by atoms with Gasteiger partial charge in [-0.25, -0.2) is 4.68 Å². The fourth-order valence-corrected chi connectivity index (χ4v) is 3.10. The molecule has 7 heteroatoms. The summed E-state index contributed by atoms with van der Waals surface area (Å²) in [6.07, 6.45) is 2.97. The summed E-state index contributed by atoms with van der Waals surface area (Å²) in [6, 6.07) is 17.5. The molecule has 7 nitrogen and oxygen atoms in total. The van der Waals surface area contributed by atoms with E-state index in [1.54, 1.807) is 13.3 Å². The maximum atomic E-state index is 10.5. The van der Waals surface area contributed by atoms with E-state index in [1.807, 2.05) is 60.3 Å². The Balaban J connectivity index is 1.69. The molecule has 0 spiro atoms. The average molecular weight is 408 g/mol. The van der Waals surface area contributed by atoms with Gasteiger partial charge in [-0.15, -0.1) is 0 Å². The van der Waals surface area contributed by atoms with Gasteiger partial charge in [-0.2, -0.15) is 5.10 Å². The highest BCUT2D eigenvalue weighted by atomic mass is 16.5. The van der Waals surface area contributed by atoms with Crippen molar-refractivity contribution >= 4 is 5.96 Å². The standard InChI is InChI=1S/C23H29N5O2/c1-4-24-23(25-16-22(29)19-9-6-11-21(15-19)30-3)27-17(2)18-8-5-10-20(14-18)28-13-7-12-26-28/h5-15,17,22,29H,4,16H2,1-3H3,(H2,24,25,27). The summed E-state index contributed by atoms with van der Waals surface area (Å²) in [5.41, 5.74) is 2.89. The number of aromatic nitrogens is 2. The van der Waals surface area contributed by atoms with Gasteiger partial charge in [-0.3, -0.25) is 4.99 Å². The topological polar surface area (TPSA) is 83.7 Å². The predicted molar refractivity (Wildman–Crippen MR) is 119 cm³/mol. The summed E-state index contributed by atoms with van der Waals surface area (Å²) < 4.78 is 7.06. The van der Waals surface area contributed by atoms with Crippen molar-refractivity contribution in [3.8, 4) is 11.4 Å². The van der Waals surface area contributed by atoms with Crippen molar-refractivity contribution in [1.29, 1.82) is 0 Å². The quantitative estimate of drug-likeness (QED) is 0.394. The van der Waals surface area contributed by atoms with Gasteiger partial charge in [0.25, 0.3) is 0 Å². The van der Waals surface area contributed by atoms with Gasteiger partial charge in [0.15, 0.2) is 5.96 Å². The Kier molecular flexibility index (Phi) is 7.45. The number of aliphatic hydroxyl groups excluding tert-OH is 1. The fourth-order valence-electron chi connectivity index (χ4n) is 3.10. The molecule has 0 amide bonds. The number of aliphatic hydroxyl groups is 1. The molecule has 0 aliphatic rings. The minimum Gasteiger partial charge on any atom is -0.497 e. The van der Waals surface area contributed by atoms with E-state index in [0.717, 1.165) is 23.4 Å². The maximum Gasteiger partial charge on any atom is 0.191 e. The van der Waals surface area contributed by atoms with E-state index >= 15 is 0 Å². The number of aliphatic imine (C=N–C) groups is 1. The van der Waals surface area contributed by atoms with E-state index in [-0.39, 0.29) is 12.6 Å². The lowest BCUT2D eigenvalue weighted by Crippen LogP contribution is -2.39. The molecular weight excluding hydrogens is 378 g/mol. The number of nitrogens with one attached hydrogen (secondary N) is 2. The third-order valence-corrected chi connectivity index (χ3v) is 4.74. The molecule has 3 aromatic rings. The van der Waals surface area contributed by atoms with Gasteiger partial charge < -0.3 is 20.5 Å². The molecule has 3 N–H and O–H groups in total. The number of methoxy groups -OCH3 is 1. The lowest BCUT2D eigenvalue weighted by molar-refractivity contribution is 0.186. The van der Waals surface area contributed by atoms with Crippen molar-refractivity contribution in [2.75, 3.05) is 20.2 Å². The van der Waals surface area contributed by atoms with E-state index in [1.165, 1.54) is 0 Å². The number of ether oxygens (including phenoxy) is 1. The largest absolute Gasteiger partial charge is 0.497 e. The van der Waals surface area contributed by atoms with Crippen LogP contribution in [0.15, 0.2) is 72.0 Å². The summed E-state index contributed by atoms with van der Waals surface area (Å²) >= 11 is 0. The van der Waals surface area contributed by atoms with Crippen LogP contribution in [0.5, 0.6) is 5.75 Å². The van der Waals surface area contributed by atoms with Gasteiger partial charge >= 0.3 is 0 Å². The zero-order valence-corrected chi connectivity index (χ0v) is 17.6. The number of rotatable bonds is 8. The van der Waals surface area contributed by atoms with Crippen LogP contribution in [0.4, 0.5) is 0 Å². The monoisotopic (exact) mass is 407 g/mol. The second kappa shape index (κ2) is 10.5. The van der Waals surface area contributed by atoms with Crippen molar-refractivity contribution in [3.05, 3.63) is 78.1 Å². The van der Waals surface area contributed by atoms with Gasteiger partial charge in [0.2, 0.25) is 0 Å². The van der Waals surface area contributed by atoms with Gasteiger partial charge in [-0.1, -0.05) is 24.3 Å². The van der Waals surface area contributed by atoms with Crippen LogP contribution in [0.1, 0.15) is 37.1 Å². The fraction of sp³-hybridized carbons (Fsp3) is 0.304. The van der Waals surface area contributed by atoms with Crippen LogP contribution in [-0.2, 0) is 0 Å². The SMILES string of the molecule is CCNC(=NCC(O)c1cccc(OC)c1)NC(C)c1cccc(-n2cccn2)c1. The van der Waals surface area contributed by atoms with E-state index in [2.05, 4.69) is 39.8 Å². The van der Waals surface area contributed by atoms with Gasteiger partial charge in [0, 0.05) is 18.9 Å². The molecule has 158 valence electrons. The Labute approximate surface area is 177 Å². The zero-order valence-electron chi connectivity index (χ0n) is 17.6. The van der Waals surface area contributed by atoms with Crippen LogP contribution in [-0.4, -0.2) is 41.0 Å². The van der Waals surface area contributed by atoms with Crippen LogP contribution in [0, 0.1) is 0 Å². The van der Waals surface area contributed by atoms with Crippen LogP contribution in [0.25, 0.3) is 5.69 Å². The van der Waals surface area contributed by atoms with Gasteiger partial charge in [0.1, 0.15) is 5.75 Å². The molecule has 1 aromatic heterocycles. The molecule has 2 unspecified atom stereocenters. The Morgan fingerprint density at radius 1 is 1.17 bits per heavy atom. The summed E-state index contributed by atoms with van der Waals surface area (Å²) in [7, 11) is 1.61.